The van der Waals surface area contributed by atoms with Crippen LogP contribution in [0.1, 0.15) is 46.5 Å². The Bertz CT molecular complexity index is 289. The highest BCUT2D eigenvalue weighted by atomic mass is 16.5. The van der Waals surface area contributed by atoms with Gasteiger partial charge >= 0.3 is 0 Å². The first kappa shape index (κ1) is 13.9. The van der Waals surface area contributed by atoms with Gasteiger partial charge in [0.05, 0.1) is 13.2 Å². The summed E-state index contributed by atoms with van der Waals surface area (Å²) in [6.45, 7) is 9.91. The molecule has 0 N–H and O–H groups in total. The van der Waals surface area contributed by atoms with Crippen LogP contribution in [0.2, 0.25) is 0 Å². The average molecular weight is 253 g/mol. The van der Waals surface area contributed by atoms with Crippen molar-refractivity contribution in [2.24, 2.45) is 17.3 Å². The van der Waals surface area contributed by atoms with E-state index in [1.165, 1.54) is 12.8 Å². The summed E-state index contributed by atoms with van der Waals surface area (Å²) in [4.78, 5) is 14.5. The molecule has 1 amide bonds. The molecule has 2 unspecified atom stereocenters. The van der Waals surface area contributed by atoms with Crippen LogP contribution in [0.3, 0.4) is 0 Å². The lowest BCUT2D eigenvalue weighted by Crippen LogP contribution is -2.45. The number of amides is 1. The second-order valence-corrected chi connectivity index (χ2v) is 6.86. The Morgan fingerprint density at radius 3 is 2.44 bits per heavy atom. The molecule has 18 heavy (non-hydrogen) atoms. The number of carbonyl (C=O) groups is 1. The molecule has 1 saturated heterocycles. The lowest BCUT2D eigenvalue weighted by Gasteiger charge is -2.39. The van der Waals surface area contributed by atoms with Crippen LogP contribution in [0.5, 0.6) is 0 Å². The SMILES string of the molecule is CC(C)(C)C1CCCC(C(=O)N2CCOCC2)C1. The third-order valence-electron chi connectivity index (χ3n) is 4.57. The van der Waals surface area contributed by atoms with Gasteiger partial charge in [0.25, 0.3) is 0 Å². The fraction of sp³-hybridized carbons (Fsp3) is 0.933. The summed E-state index contributed by atoms with van der Waals surface area (Å²) in [6.07, 6.45) is 4.67. The van der Waals surface area contributed by atoms with Gasteiger partial charge < -0.3 is 9.64 Å². The normalized spacial score (nSPS) is 30.3. The zero-order valence-electron chi connectivity index (χ0n) is 12.1. The van der Waals surface area contributed by atoms with Crippen molar-refractivity contribution in [3.05, 3.63) is 0 Å². The van der Waals surface area contributed by atoms with Crippen molar-refractivity contribution in [2.75, 3.05) is 26.3 Å². The lowest BCUT2D eigenvalue weighted by atomic mass is 9.69. The fourth-order valence-electron chi connectivity index (χ4n) is 3.24. The molecule has 0 spiro atoms. The summed E-state index contributed by atoms with van der Waals surface area (Å²) in [5.74, 6) is 1.34. The minimum Gasteiger partial charge on any atom is -0.378 e. The van der Waals surface area contributed by atoms with Gasteiger partial charge in [-0.1, -0.05) is 27.2 Å². The van der Waals surface area contributed by atoms with Crippen LogP contribution < -0.4 is 0 Å². The smallest absolute Gasteiger partial charge is 0.225 e. The van der Waals surface area contributed by atoms with E-state index >= 15 is 0 Å². The van der Waals surface area contributed by atoms with Crippen molar-refractivity contribution in [1.82, 2.24) is 4.90 Å². The van der Waals surface area contributed by atoms with Crippen LogP contribution in [0.4, 0.5) is 0 Å². The van der Waals surface area contributed by atoms with Crippen molar-refractivity contribution in [1.29, 1.82) is 0 Å². The Labute approximate surface area is 111 Å². The minimum atomic E-state index is 0.265. The third-order valence-corrected chi connectivity index (χ3v) is 4.57. The molecule has 3 nitrogen and oxygen atoms in total. The molecule has 0 aromatic carbocycles. The predicted molar refractivity (Wildman–Crippen MR) is 72.3 cm³/mol. The van der Waals surface area contributed by atoms with Crippen molar-refractivity contribution in [2.45, 2.75) is 46.5 Å². The molecule has 1 saturated carbocycles. The highest BCUT2D eigenvalue weighted by Gasteiger charge is 2.35. The molecule has 0 radical (unpaired) electrons. The summed E-state index contributed by atoms with van der Waals surface area (Å²) < 4.78 is 5.32. The van der Waals surface area contributed by atoms with Crippen molar-refractivity contribution >= 4 is 5.91 Å². The van der Waals surface area contributed by atoms with Gasteiger partial charge in [0.15, 0.2) is 0 Å². The number of rotatable bonds is 1. The molecule has 0 bridgehead atoms. The van der Waals surface area contributed by atoms with Crippen molar-refractivity contribution in [3.63, 3.8) is 0 Å². The molecular formula is C15H27NO2. The van der Waals surface area contributed by atoms with Crippen LogP contribution >= 0.6 is 0 Å². The molecule has 2 fully saturated rings. The Balaban J connectivity index is 1.93. The highest BCUT2D eigenvalue weighted by molar-refractivity contribution is 5.79. The number of nitrogens with zero attached hydrogens (tertiary/aromatic N) is 1. The van der Waals surface area contributed by atoms with Gasteiger partial charge in [-0.2, -0.15) is 0 Å². The van der Waals surface area contributed by atoms with Gasteiger partial charge in [-0.15, -0.1) is 0 Å². The molecule has 2 atom stereocenters. The quantitative estimate of drug-likeness (QED) is 0.719. The molecular weight excluding hydrogens is 226 g/mol. The topological polar surface area (TPSA) is 29.5 Å². The van der Waals surface area contributed by atoms with E-state index in [-0.39, 0.29) is 5.92 Å². The molecule has 1 aliphatic carbocycles. The first-order valence-corrected chi connectivity index (χ1v) is 7.35. The second-order valence-electron chi connectivity index (χ2n) is 6.86. The number of hydrogen-bond donors (Lipinski definition) is 0. The van der Waals surface area contributed by atoms with Gasteiger partial charge in [0.1, 0.15) is 0 Å². The Morgan fingerprint density at radius 2 is 1.83 bits per heavy atom. The van der Waals surface area contributed by atoms with E-state index in [1.54, 1.807) is 0 Å². The summed E-state index contributed by atoms with van der Waals surface area (Å²) in [6, 6.07) is 0. The first-order chi connectivity index (χ1) is 8.48. The largest absolute Gasteiger partial charge is 0.378 e. The van der Waals surface area contributed by atoms with Gasteiger partial charge in [0, 0.05) is 19.0 Å². The maximum atomic E-state index is 12.5. The van der Waals surface area contributed by atoms with E-state index in [4.69, 9.17) is 4.74 Å². The number of hydrogen-bond acceptors (Lipinski definition) is 2. The van der Waals surface area contributed by atoms with Crippen molar-refractivity contribution < 1.29 is 9.53 Å². The third kappa shape index (κ3) is 3.25. The standard InChI is InChI=1S/C15H27NO2/c1-15(2,3)13-6-4-5-12(11-13)14(17)16-7-9-18-10-8-16/h12-13H,4-11H2,1-3H3. The molecule has 104 valence electrons. The Hall–Kier alpha value is -0.570. The van der Waals surface area contributed by atoms with Crippen LogP contribution in [0, 0.1) is 17.3 Å². The molecule has 2 aliphatic rings. The summed E-state index contributed by atoms with van der Waals surface area (Å²) in [5, 5.41) is 0. The number of ether oxygens (including phenoxy) is 1. The first-order valence-electron chi connectivity index (χ1n) is 7.35. The maximum Gasteiger partial charge on any atom is 0.225 e. The predicted octanol–water partition coefficient (Wildman–Crippen LogP) is 2.70. The maximum absolute atomic E-state index is 12.5. The zero-order valence-corrected chi connectivity index (χ0v) is 12.1. The van der Waals surface area contributed by atoms with E-state index in [1.807, 2.05) is 4.90 Å². The Kier molecular flexibility index (Phi) is 4.31. The summed E-state index contributed by atoms with van der Waals surface area (Å²) in [7, 11) is 0. The average Bonchev–Trinajstić information content (AvgIpc) is 2.38. The lowest BCUT2D eigenvalue weighted by molar-refractivity contribution is -0.141. The Morgan fingerprint density at radius 1 is 1.17 bits per heavy atom. The fourth-order valence-corrected chi connectivity index (χ4v) is 3.24. The molecule has 1 heterocycles. The summed E-state index contributed by atoms with van der Waals surface area (Å²) in [5.41, 5.74) is 0.337. The van der Waals surface area contributed by atoms with E-state index in [2.05, 4.69) is 20.8 Å². The van der Waals surface area contributed by atoms with E-state index in [0.29, 0.717) is 30.5 Å². The molecule has 0 aromatic rings. The summed E-state index contributed by atoms with van der Waals surface area (Å²) >= 11 is 0. The second kappa shape index (κ2) is 5.60. The molecule has 1 aliphatic heterocycles. The minimum absolute atomic E-state index is 0.265. The van der Waals surface area contributed by atoms with Crippen LogP contribution in [-0.4, -0.2) is 37.1 Å². The van der Waals surface area contributed by atoms with Gasteiger partial charge in [-0.05, 0) is 30.6 Å². The molecule has 0 aromatic heterocycles. The van der Waals surface area contributed by atoms with E-state index in [0.717, 1.165) is 25.9 Å². The number of morpholine rings is 1. The van der Waals surface area contributed by atoms with E-state index in [9.17, 15) is 4.79 Å². The highest BCUT2D eigenvalue weighted by Crippen LogP contribution is 2.40. The van der Waals surface area contributed by atoms with Gasteiger partial charge in [0.2, 0.25) is 5.91 Å². The van der Waals surface area contributed by atoms with Crippen molar-refractivity contribution in [3.8, 4) is 0 Å². The van der Waals surface area contributed by atoms with Gasteiger partial charge in [-0.25, -0.2) is 0 Å². The monoisotopic (exact) mass is 253 g/mol. The van der Waals surface area contributed by atoms with Crippen LogP contribution in [0.15, 0.2) is 0 Å². The van der Waals surface area contributed by atoms with E-state index < -0.39 is 0 Å². The van der Waals surface area contributed by atoms with Crippen LogP contribution in [0.25, 0.3) is 0 Å². The zero-order chi connectivity index (χ0) is 13.2. The number of carbonyl (C=O) groups excluding carboxylic acids is 1. The van der Waals surface area contributed by atoms with Gasteiger partial charge in [-0.3, -0.25) is 4.79 Å². The van der Waals surface area contributed by atoms with Crippen LogP contribution in [-0.2, 0) is 9.53 Å². The molecule has 3 heteroatoms. The molecule has 2 rings (SSSR count).